The second-order valence-corrected chi connectivity index (χ2v) is 7.59. The Hall–Kier alpha value is -1.63. The van der Waals surface area contributed by atoms with Crippen LogP contribution in [0.15, 0.2) is 17.0 Å². The molecule has 1 aliphatic carbocycles. The number of methoxy groups -OCH3 is 1. The van der Waals surface area contributed by atoms with Gasteiger partial charge in [0.05, 0.1) is 13.0 Å². The summed E-state index contributed by atoms with van der Waals surface area (Å²) in [4.78, 5) is 21.1. The van der Waals surface area contributed by atoms with Crippen molar-refractivity contribution in [2.24, 2.45) is 17.8 Å². The van der Waals surface area contributed by atoms with Gasteiger partial charge in [-0.25, -0.2) is 9.97 Å². The summed E-state index contributed by atoms with van der Waals surface area (Å²) in [5, 5.41) is 0. The number of esters is 1. The number of ether oxygens (including phenoxy) is 1. The molecular weight excluding hydrogens is 372 g/mol. The van der Waals surface area contributed by atoms with E-state index in [4.69, 9.17) is 10.5 Å². The minimum absolute atomic E-state index is 0.0842. The molecule has 7 heteroatoms. The van der Waals surface area contributed by atoms with E-state index >= 15 is 0 Å². The molecule has 3 atom stereocenters. The minimum Gasteiger partial charge on any atom is -0.469 e. The predicted octanol–water partition coefficient (Wildman–Crippen LogP) is 3.40. The number of carbonyl (C=O) groups is 1. The number of fused-ring (bicyclic) bond motifs is 1. The lowest BCUT2D eigenvalue weighted by molar-refractivity contribution is -0.149. The lowest BCUT2D eigenvalue weighted by Crippen LogP contribution is -2.34. The zero-order valence-corrected chi connectivity index (χ0v) is 15.8. The molecule has 0 amide bonds. The quantitative estimate of drug-likeness (QED) is 0.806. The van der Waals surface area contributed by atoms with E-state index in [1.807, 2.05) is 10.6 Å². The van der Waals surface area contributed by atoms with Gasteiger partial charge in [0.1, 0.15) is 15.9 Å². The van der Waals surface area contributed by atoms with E-state index in [1.165, 1.54) is 7.11 Å². The van der Waals surface area contributed by atoms with Gasteiger partial charge in [-0.2, -0.15) is 0 Å². The molecule has 2 aromatic heterocycles. The predicted molar refractivity (Wildman–Crippen MR) is 95.5 cm³/mol. The molecule has 0 radical (unpaired) electrons. The molecule has 0 saturated heterocycles. The third kappa shape index (κ3) is 2.90. The molecule has 0 aromatic carbocycles. The van der Waals surface area contributed by atoms with Gasteiger partial charge in [-0.3, -0.25) is 9.20 Å². The van der Waals surface area contributed by atoms with E-state index in [-0.39, 0.29) is 17.8 Å². The molecule has 24 heavy (non-hydrogen) atoms. The van der Waals surface area contributed by atoms with Crippen LogP contribution in [0, 0.1) is 17.8 Å². The number of nitrogens with two attached hydrogens (primary N) is 1. The van der Waals surface area contributed by atoms with Gasteiger partial charge in [0, 0.05) is 18.3 Å². The monoisotopic (exact) mass is 394 g/mol. The van der Waals surface area contributed by atoms with E-state index in [9.17, 15) is 4.79 Å². The van der Waals surface area contributed by atoms with E-state index < -0.39 is 0 Å². The molecule has 1 aliphatic rings. The number of aromatic nitrogens is 3. The summed E-state index contributed by atoms with van der Waals surface area (Å²) in [5.41, 5.74) is 6.77. The van der Waals surface area contributed by atoms with Crippen molar-refractivity contribution in [1.29, 1.82) is 0 Å². The van der Waals surface area contributed by atoms with Crippen molar-refractivity contribution in [2.45, 2.75) is 39.0 Å². The normalized spacial score (nSPS) is 24.5. The van der Waals surface area contributed by atoms with Gasteiger partial charge in [-0.15, -0.1) is 0 Å². The highest BCUT2D eigenvalue weighted by molar-refractivity contribution is 9.10. The minimum atomic E-state index is -0.112. The number of nitrogen functional groups attached to an aromatic ring is 1. The van der Waals surface area contributed by atoms with Gasteiger partial charge in [-0.05, 0) is 47.0 Å². The first-order chi connectivity index (χ1) is 11.4. The molecule has 6 nitrogen and oxygen atoms in total. The van der Waals surface area contributed by atoms with Crippen LogP contribution in [-0.4, -0.2) is 27.4 Å². The number of carbonyl (C=O) groups excluding carboxylic acids is 1. The fourth-order valence-corrected chi connectivity index (χ4v) is 4.56. The second-order valence-electron chi connectivity index (χ2n) is 6.84. The molecule has 2 aromatic rings. The van der Waals surface area contributed by atoms with Crippen molar-refractivity contribution in [3.05, 3.63) is 22.8 Å². The highest BCUT2D eigenvalue weighted by Gasteiger charge is 2.39. The van der Waals surface area contributed by atoms with Crippen LogP contribution in [0.4, 0.5) is 5.82 Å². The van der Waals surface area contributed by atoms with Crippen LogP contribution in [0.5, 0.6) is 0 Å². The highest BCUT2D eigenvalue weighted by atomic mass is 79.9. The van der Waals surface area contributed by atoms with Crippen LogP contribution < -0.4 is 5.73 Å². The molecule has 1 saturated carbocycles. The van der Waals surface area contributed by atoms with Gasteiger partial charge in [0.15, 0.2) is 5.82 Å². The number of nitrogens with zero attached hydrogens (tertiary/aromatic N) is 3. The van der Waals surface area contributed by atoms with Crippen LogP contribution in [0.25, 0.3) is 5.52 Å². The van der Waals surface area contributed by atoms with Gasteiger partial charge < -0.3 is 10.5 Å². The van der Waals surface area contributed by atoms with Gasteiger partial charge >= 0.3 is 5.97 Å². The second kappa shape index (κ2) is 6.70. The molecule has 2 heterocycles. The van der Waals surface area contributed by atoms with Crippen molar-refractivity contribution >= 4 is 33.2 Å². The largest absolute Gasteiger partial charge is 0.469 e. The molecular formula is C17H23BrN4O2. The Kier molecular flexibility index (Phi) is 4.80. The maximum Gasteiger partial charge on any atom is 0.308 e. The van der Waals surface area contributed by atoms with E-state index in [0.717, 1.165) is 30.6 Å². The lowest BCUT2D eigenvalue weighted by atomic mass is 9.69. The summed E-state index contributed by atoms with van der Waals surface area (Å²) < 4.78 is 7.75. The fraction of sp³-hybridized carbons (Fsp3) is 0.588. The van der Waals surface area contributed by atoms with Crippen LogP contribution in [0.1, 0.15) is 44.9 Å². The molecule has 0 aliphatic heterocycles. The first kappa shape index (κ1) is 17.2. The average Bonchev–Trinajstić information content (AvgIpc) is 2.91. The number of imidazole rings is 1. The first-order valence-corrected chi connectivity index (χ1v) is 9.09. The summed E-state index contributed by atoms with van der Waals surface area (Å²) in [6, 6.07) is 0. The standard InChI is InChI=1S/C17H23BrN4O2/c1-9(2)11-5-4-10(8-12(11)17(23)24-3)16-21-14(18)13-15(19)20-6-7-22(13)16/h6-7,9-12H,4-5,8H2,1-3H3,(H2,19,20)/t10-,11?,12-/m1/s1. The summed E-state index contributed by atoms with van der Waals surface area (Å²) in [7, 11) is 1.47. The van der Waals surface area contributed by atoms with Crippen molar-refractivity contribution in [1.82, 2.24) is 14.4 Å². The third-order valence-corrected chi connectivity index (χ3v) is 5.75. The summed E-state index contributed by atoms with van der Waals surface area (Å²) >= 11 is 3.48. The number of rotatable bonds is 3. The first-order valence-electron chi connectivity index (χ1n) is 8.29. The summed E-state index contributed by atoms with van der Waals surface area (Å²) in [6.07, 6.45) is 6.31. The Bertz CT molecular complexity index is 758. The molecule has 130 valence electrons. The number of hydrogen-bond acceptors (Lipinski definition) is 5. The maximum atomic E-state index is 12.3. The molecule has 0 spiro atoms. The van der Waals surface area contributed by atoms with Crippen molar-refractivity contribution in [3.8, 4) is 0 Å². The van der Waals surface area contributed by atoms with Gasteiger partial charge in [0.2, 0.25) is 0 Å². The van der Waals surface area contributed by atoms with E-state index in [2.05, 4.69) is 39.7 Å². The third-order valence-electron chi connectivity index (χ3n) is 5.20. The van der Waals surface area contributed by atoms with Crippen molar-refractivity contribution in [3.63, 3.8) is 0 Å². The smallest absolute Gasteiger partial charge is 0.308 e. The maximum absolute atomic E-state index is 12.3. The SMILES string of the molecule is COC(=O)[C@@H]1C[C@H](c2nc(Br)c3c(N)nccn23)CCC1C(C)C. The van der Waals surface area contributed by atoms with Crippen LogP contribution in [-0.2, 0) is 9.53 Å². The van der Waals surface area contributed by atoms with E-state index in [1.54, 1.807) is 6.20 Å². The Balaban J connectivity index is 1.96. The van der Waals surface area contributed by atoms with Crippen LogP contribution >= 0.6 is 15.9 Å². The fourth-order valence-electron chi connectivity index (χ4n) is 3.98. The van der Waals surface area contributed by atoms with Crippen LogP contribution in [0.2, 0.25) is 0 Å². The average molecular weight is 395 g/mol. The van der Waals surface area contributed by atoms with Crippen molar-refractivity contribution < 1.29 is 9.53 Å². The zero-order valence-electron chi connectivity index (χ0n) is 14.2. The number of hydrogen-bond donors (Lipinski definition) is 1. The Morgan fingerprint density at radius 2 is 2.21 bits per heavy atom. The lowest BCUT2D eigenvalue weighted by Gasteiger charge is -2.36. The van der Waals surface area contributed by atoms with E-state index in [0.29, 0.717) is 22.3 Å². The summed E-state index contributed by atoms with van der Waals surface area (Å²) in [6.45, 7) is 4.35. The van der Waals surface area contributed by atoms with Gasteiger partial charge in [0.25, 0.3) is 0 Å². The molecule has 3 rings (SSSR count). The number of anilines is 1. The Morgan fingerprint density at radius 3 is 2.88 bits per heavy atom. The molecule has 1 unspecified atom stereocenters. The summed E-state index contributed by atoms with van der Waals surface area (Å²) in [5.74, 6) is 2.20. The highest BCUT2D eigenvalue weighted by Crippen LogP contribution is 2.43. The zero-order chi connectivity index (χ0) is 17.4. The van der Waals surface area contributed by atoms with Crippen molar-refractivity contribution in [2.75, 3.05) is 12.8 Å². The van der Waals surface area contributed by atoms with Crippen LogP contribution in [0.3, 0.4) is 0 Å². The molecule has 0 bridgehead atoms. The van der Waals surface area contributed by atoms with Gasteiger partial charge in [-0.1, -0.05) is 13.8 Å². The Morgan fingerprint density at radius 1 is 1.46 bits per heavy atom. The topological polar surface area (TPSA) is 82.5 Å². The molecule has 1 fully saturated rings. The Labute approximate surface area is 149 Å². The molecule has 2 N–H and O–H groups in total. The number of halogens is 1.